The predicted molar refractivity (Wildman–Crippen MR) is 84.0 cm³/mol. The molecule has 0 spiro atoms. The monoisotopic (exact) mass is 277 g/mol. The molecule has 0 amide bonds. The third-order valence-electron chi connectivity index (χ3n) is 2.72. The number of thiophene rings is 1. The fourth-order valence-electron chi connectivity index (χ4n) is 1.73. The first-order chi connectivity index (χ1) is 8.65. The van der Waals surface area contributed by atoms with E-state index in [0.29, 0.717) is 0 Å². The van der Waals surface area contributed by atoms with E-state index >= 15 is 0 Å². The van der Waals surface area contributed by atoms with Crippen LogP contribution in [-0.2, 0) is 5.41 Å². The number of hydrogen-bond acceptors (Lipinski definition) is 3. The van der Waals surface area contributed by atoms with Gasteiger partial charge in [0.25, 0.3) is 0 Å². The molecule has 0 bridgehead atoms. The minimum Gasteiger partial charge on any atom is -0.372 e. The smallest absolute Gasteiger partial charge is 0.147 e. The third-order valence-corrected chi connectivity index (χ3v) is 3.73. The zero-order valence-electron chi connectivity index (χ0n) is 12.6. The molecule has 0 saturated heterocycles. The lowest BCUT2D eigenvalue weighted by atomic mass is 9.93. The minimum absolute atomic E-state index is 0.0852. The van der Waals surface area contributed by atoms with Gasteiger partial charge in [0.1, 0.15) is 5.82 Å². The zero-order valence-corrected chi connectivity index (χ0v) is 13.4. The Morgan fingerprint density at radius 2 is 1.79 bits per heavy atom. The van der Waals surface area contributed by atoms with Gasteiger partial charge in [0, 0.05) is 22.8 Å². The normalized spacial score (nSPS) is 12.7. The van der Waals surface area contributed by atoms with Crippen LogP contribution in [0.4, 0.5) is 5.00 Å². The van der Waals surface area contributed by atoms with Crippen molar-refractivity contribution >= 4 is 16.3 Å². The molecule has 0 aliphatic carbocycles. The summed E-state index contributed by atoms with van der Waals surface area (Å²) in [6.45, 7) is 13.0. The van der Waals surface area contributed by atoms with Gasteiger partial charge in [-0.3, -0.25) is 0 Å². The standard InChI is InChI=1S/C15H23N3S/c1-14(2,3)11-9-16-13(17-11)10-7-8-12(19-10)18-15(4,5)6/h7-9,18H,1-6H3,(H,16,17). The summed E-state index contributed by atoms with van der Waals surface area (Å²) in [4.78, 5) is 9.08. The van der Waals surface area contributed by atoms with E-state index in [-0.39, 0.29) is 11.0 Å². The Hall–Kier alpha value is -1.29. The summed E-state index contributed by atoms with van der Waals surface area (Å²) in [5.74, 6) is 0.955. The number of H-pyrrole nitrogens is 1. The molecule has 0 aliphatic rings. The van der Waals surface area contributed by atoms with Gasteiger partial charge >= 0.3 is 0 Å². The second-order valence-electron chi connectivity index (χ2n) is 6.93. The number of nitrogens with zero attached hydrogens (tertiary/aromatic N) is 1. The van der Waals surface area contributed by atoms with Crippen molar-refractivity contribution in [2.75, 3.05) is 5.32 Å². The van der Waals surface area contributed by atoms with Crippen LogP contribution in [-0.4, -0.2) is 15.5 Å². The molecule has 0 fully saturated rings. The SMILES string of the molecule is CC(C)(C)Nc1ccc(-c2ncc(C(C)(C)C)[nH]2)s1. The van der Waals surface area contributed by atoms with Gasteiger partial charge < -0.3 is 10.3 Å². The highest BCUT2D eigenvalue weighted by atomic mass is 32.1. The van der Waals surface area contributed by atoms with Crippen LogP contribution in [0.15, 0.2) is 18.3 Å². The van der Waals surface area contributed by atoms with E-state index in [2.05, 4.69) is 69.0 Å². The number of rotatable bonds is 2. The van der Waals surface area contributed by atoms with Gasteiger partial charge in [0.15, 0.2) is 0 Å². The quantitative estimate of drug-likeness (QED) is 0.839. The second-order valence-corrected chi connectivity index (χ2v) is 8.02. The molecule has 0 unspecified atom stereocenters. The van der Waals surface area contributed by atoms with Gasteiger partial charge in [-0.25, -0.2) is 4.98 Å². The minimum atomic E-state index is 0.0852. The number of hydrogen-bond donors (Lipinski definition) is 2. The molecule has 2 rings (SSSR count). The molecular formula is C15H23N3S. The average molecular weight is 277 g/mol. The highest BCUT2D eigenvalue weighted by Gasteiger charge is 2.18. The maximum atomic E-state index is 4.49. The summed E-state index contributed by atoms with van der Waals surface area (Å²) in [6, 6.07) is 4.23. The van der Waals surface area contributed by atoms with Crippen LogP contribution in [0.2, 0.25) is 0 Å². The van der Waals surface area contributed by atoms with Crippen LogP contribution in [0.5, 0.6) is 0 Å². The van der Waals surface area contributed by atoms with Crippen molar-refractivity contribution in [3.05, 3.63) is 24.0 Å². The molecule has 3 nitrogen and oxygen atoms in total. The maximum Gasteiger partial charge on any atom is 0.147 e. The third kappa shape index (κ3) is 3.60. The summed E-state index contributed by atoms with van der Waals surface area (Å²) in [5.41, 5.74) is 1.36. The van der Waals surface area contributed by atoms with Crippen molar-refractivity contribution in [3.8, 4) is 10.7 Å². The molecule has 0 aromatic carbocycles. The fraction of sp³-hybridized carbons (Fsp3) is 0.533. The van der Waals surface area contributed by atoms with Gasteiger partial charge in [0.05, 0.1) is 9.88 Å². The Morgan fingerprint density at radius 3 is 2.32 bits per heavy atom. The molecule has 2 aromatic heterocycles. The van der Waals surface area contributed by atoms with Crippen molar-refractivity contribution < 1.29 is 0 Å². The number of aromatic nitrogens is 2. The summed E-state index contributed by atoms with van der Waals surface area (Å²) >= 11 is 1.73. The highest BCUT2D eigenvalue weighted by molar-refractivity contribution is 7.19. The van der Waals surface area contributed by atoms with Crippen molar-refractivity contribution in [3.63, 3.8) is 0 Å². The van der Waals surface area contributed by atoms with E-state index in [9.17, 15) is 0 Å². The van der Waals surface area contributed by atoms with Gasteiger partial charge in [0.2, 0.25) is 0 Å². The number of imidazole rings is 1. The first-order valence-corrected chi connectivity index (χ1v) is 7.41. The van der Waals surface area contributed by atoms with Crippen LogP contribution < -0.4 is 5.32 Å². The fourth-order valence-corrected chi connectivity index (χ4v) is 2.80. The summed E-state index contributed by atoms with van der Waals surface area (Å²) < 4.78 is 0. The molecule has 2 N–H and O–H groups in total. The number of nitrogens with one attached hydrogen (secondary N) is 2. The topological polar surface area (TPSA) is 40.7 Å². The first kappa shape index (κ1) is 14.1. The van der Waals surface area contributed by atoms with Gasteiger partial charge in [-0.15, -0.1) is 11.3 Å². The van der Waals surface area contributed by atoms with Crippen molar-refractivity contribution in [1.29, 1.82) is 0 Å². The van der Waals surface area contributed by atoms with Crippen LogP contribution in [0.25, 0.3) is 10.7 Å². The Balaban J connectivity index is 2.21. The summed E-state index contributed by atoms with van der Waals surface area (Å²) in [5, 5.41) is 4.66. The number of aromatic amines is 1. The Kier molecular flexibility index (Phi) is 3.47. The molecule has 0 atom stereocenters. The first-order valence-electron chi connectivity index (χ1n) is 6.59. The Labute approximate surface area is 119 Å². The Bertz CT molecular complexity index is 552. The van der Waals surface area contributed by atoms with E-state index in [1.54, 1.807) is 11.3 Å². The van der Waals surface area contributed by atoms with Crippen LogP contribution >= 0.6 is 11.3 Å². The van der Waals surface area contributed by atoms with Crippen LogP contribution in [0, 0.1) is 0 Å². The van der Waals surface area contributed by atoms with Gasteiger partial charge in [-0.1, -0.05) is 20.8 Å². The second kappa shape index (κ2) is 4.67. The molecule has 2 aromatic rings. The van der Waals surface area contributed by atoms with E-state index in [1.807, 2.05) is 6.20 Å². The molecular weight excluding hydrogens is 254 g/mol. The predicted octanol–water partition coefficient (Wildman–Crippen LogP) is 4.65. The maximum absolute atomic E-state index is 4.49. The van der Waals surface area contributed by atoms with Crippen molar-refractivity contribution in [2.24, 2.45) is 0 Å². The largest absolute Gasteiger partial charge is 0.372 e. The summed E-state index contributed by atoms with van der Waals surface area (Å²) in [7, 11) is 0. The lowest BCUT2D eigenvalue weighted by Crippen LogP contribution is -2.25. The van der Waals surface area contributed by atoms with Gasteiger partial charge in [-0.05, 0) is 32.9 Å². The van der Waals surface area contributed by atoms with E-state index in [0.717, 1.165) is 5.82 Å². The van der Waals surface area contributed by atoms with Crippen molar-refractivity contribution in [1.82, 2.24) is 9.97 Å². The zero-order chi connectivity index (χ0) is 14.3. The number of anilines is 1. The molecule has 4 heteroatoms. The van der Waals surface area contributed by atoms with Crippen LogP contribution in [0.3, 0.4) is 0 Å². The average Bonchev–Trinajstić information content (AvgIpc) is 2.80. The molecule has 2 heterocycles. The lowest BCUT2D eigenvalue weighted by molar-refractivity contribution is 0.573. The molecule has 104 valence electrons. The molecule has 0 saturated carbocycles. The van der Waals surface area contributed by atoms with E-state index < -0.39 is 0 Å². The van der Waals surface area contributed by atoms with Crippen LogP contribution in [0.1, 0.15) is 47.2 Å². The van der Waals surface area contributed by atoms with E-state index in [1.165, 1.54) is 15.6 Å². The van der Waals surface area contributed by atoms with Crippen molar-refractivity contribution in [2.45, 2.75) is 52.5 Å². The van der Waals surface area contributed by atoms with E-state index in [4.69, 9.17) is 0 Å². The van der Waals surface area contributed by atoms with Gasteiger partial charge in [-0.2, -0.15) is 0 Å². The lowest BCUT2D eigenvalue weighted by Gasteiger charge is -2.20. The highest BCUT2D eigenvalue weighted by Crippen LogP contribution is 2.32. The molecule has 19 heavy (non-hydrogen) atoms. The Morgan fingerprint density at radius 1 is 1.11 bits per heavy atom. The molecule has 0 aliphatic heterocycles. The summed E-state index contributed by atoms with van der Waals surface area (Å²) in [6.07, 6.45) is 1.94. The molecule has 0 radical (unpaired) electrons.